The van der Waals surface area contributed by atoms with Crippen LogP contribution >= 0.6 is 0 Å². The summed E-state index contributed by atoms with van der Waals surface area (Å²) in [6.07, 6.45) is 8.93. The zero-order valence-corrected chi connectivity index (χ0v) is 8.95. The van der Waals surface area contributed by atoms with Crippen LogP contribution in [0.3, 0.4) is 0 Å². The Morgan fingerprint density at radius 1 is 1.33 bits per heavy atom. The number of nitrogens with zero attached hydrogens (tertiary/aromatic N) is 2. The molecule has 15 heavy (non-hydrogen) atoms. The van der Waals surface area contributed by atoms with E-state index in [2.05, 4.69) is 16.2 Å². The molecule has 0 spiro atoms. The molecule has 0 amide bonds. The fraction of sp³-hybridized carbons (Fsp3) is 0.750. The minimum Gasteiger partial charge on any atom is -0.307 e. The Balaban J connectivity index is 1.66. The first kappa shape index (κ1) is 8.34. The normalized spacial score (nSPS) is 33.1. The number of fused-ring (bicyclic) bond motifs is 4. The number of aromatic nitrogens is 2. The molecule has 2 aliphatic heterocycles. The van der Waals surface area contributed by atoms with Gasteiger partial charge < -0.3 is 5.32 Å². The molecule has 1 saturated carbocycles. The van der Waals surface area contributed by atoms with Gasteiger partial charge in [0, 0.05) is 36.8 Å². The van der Waals surface area contributed by atoms with Crippen LogP contribution in [0.1, 0.15) is 43.0 Å². The summed E-state index contributed by atoms with van der Waals surface area (Å²) in [5.41, 5.74) is 2.87. The molecule has 80 valence electrons. The molecular formula is C12H17N3. The zero-order valence-electron chi connectivity index (χ0n) is 8.95. The van der Waals surface area contributed by atoms with Crippen molar-refractivity contribution in [3.63, 3.8) is 0 Å². The van der Waals surface area contributed by atoms with Crippen molar-refractivity contribution in [2.24, 2.45) is 5.92 Å². The Bertz CT molecular complexity index is 392. The summed E-state index contributed by atoms with van der Waals surface area (Å²) in [6, 6.07) is 1.33. The molecule has 0 unspecified atom stereocenters. The predicted octanol–water partition coefficient (Wildman–Crippen LogP) is 1.64. The Kier molecular flexibility index (Phi) is 1.58. The molecule has 2 atom stereocenters. The predicted molar refractivity (Wildman–Crippen MR) is 57.6 cm³/mol. The van der Waals surface area contributed by atoms with Gasteiger partial charge in [0.05, 0.1) is 5.69 Å². The third-order valence-corrected chi connectivity index (χ3v) is 4.07. The van der Waals surface area contributed by atoms with Crippen molar-refractivity contribution in [2.75, 3.05) is 0 Å². The highest BCUT2D eigenvalue weighted by molar-refractivity contribution is 5.28. The molecular weight excluding hydrogens is 186 g/mol. The molecule has 1 aliphatic carbocycles. The van der Waals surface area contributed by atoms with Crippen molar-refractivity contribution in [1.29, 1.82) is 0 Å². The number of rotatable bonds is 2. The number of nitrogens with one attached hydrogen (secondary N) is 1. The smallest absolute Gasteiger partial charge is 0.0687 e. The minimum absolute atomic E-state index is 0.617. The van der Waals surface area contributed by atoms with Crippen LogP contribution in [0.25, 0.3) is 0 Å². The van der Waals surface area contributed by atoms with E-state index in [-0.39, 0.29) is 0 Å². The van der Waals surface area contributed by atoms with E-state index < -0.39 is 0 Å². The zero-order chi connectivity index (χ0) is 9.83. The lowest BCUT2D eigenvalue weighted by Gasteiger charge is -2.19. The van der Waals surface area contributed by atoms with Gasteiger partial charge in [-0.2, -0.15) is 5.10 Å². The quantitative estimate of drug-likeness (QED) is 0.792. The van der Waals surface area contributed by atoms with E-state index >= 15 is 0 Å². The average Bonchev–Trinajstić information content (AvgIpc) is 2.81. The third-order valence-electron chi connectivity index (χ3n) is 4.07. The van der Waals surface area contributed by atoms with Gasteiger partial charge in [-0.15, -0.1) is 0 Å². The molecule has 4 rings (SSSR count). The summed E-state index contributed by atoms with van der Waals surface area (Å²) < 4.78 is 2.20. The van der Waals surface area contributed by atoms with E-state index in [0.29, 0.717) is 12.1 Å². The first-order valence-electron chi connectivity index (χ1n) is 6.21. The minimum atomic E-state index is 0.617. The summed E-state index contributed by atoms with van der Waals surface area (Å²) in [5, 5.41) is 8.42. The maximum atomic E-state index is 4.75. The van der Waals surface area contributed by atoms with Crippen LogP contribution in [-0.4, -0.2) is 15.8 Å². The van der Waals surface area contributed by atoms with Gasteiger partial charge in [0.2, 0.25) is 0 Å². The van der Waals surface area contributed by atoms with Gasteiger partial charge in [-0.1, -0.05) is 0 Å². The van der Waals surface area contributed by atoms with E-state index in [4.69, 9.17) is 5.10 Å². The molecule has 1 N–H and O–H groups in total. The first-order valence-corrected chi connectivity index (χ1v) is 6.21. The van der Waals surface area contributed by atoms with Crippen molar-refractivity contribution in [2.45, 2.75) is 50.7 Å². The van der Waals surface area contributed by atoms with Crippen LogP contribution in [0.5, 0.6) is 0 Å². The average molecular weight is 203 g/mol. The largest absolute Gasteiger partial charge is 0.307 e. The number of hydrogen-bond acceptors (Lipinski definition) is 2. The molecule has 1 saturated heterocycles. The Hall–Kier alpha value is -0.830. The maximum Gasteiger partial charge on any atom is 0.0687 e. The Morgan fingerprint density at radius 3 is 3.13 bits per heavy atom. The molecule has 0 radical (unpaired) electrons. The molecule has 3 heterocycles. The Labute approximate surface area is 89.9 Å². The second-order valence-electron chi connectivity index (χ2n) is 5.39. The fourth-order valence-corrected chi connectivity index (χ4v) is 3.04. The monoisotopic (exact) mass is 203 g/mol. The first-order chi connectivity index (χ1) is 7.38. The topological polar surface area (TPSA) is 29.9 Å². The summed E-state index contributed by atoms with van der Waals surface area (Å²) in [5.74, 6) is 0.927. The van der Waals surface area contributed by atoms with E-state index in [1.54, 1.807) is 0 Å². The molecule has 2 fully saturated rings. The van der Waals surface area contributed by atoms with Crippen molar-refractivity contribution < 1.29 is 0 Å². The van der Waals surface area contributed by atoms with Gasteiger partial charge in [-0.05, 0) is 31.6 Å². The molecule has 2 bridgehead atoms. The van der Waals surface area contributed by atoms with E-state index in [1.807, 2.05) is 0 Å². The second-order valence-corrected chi connectivity index (χ2v) is 5.39. The van der Waals surface area contributed by atoms with Crippen molar-refractivity contribution >= 4 is 0 Å². The standard InChI is InChI=1S/C12H17N3/c1-2-8(1)6-15-7-10-11-4-3-9(13-11)5-12(10)14-15/h7-9,11,13H,1-6H2/t9-,11+/m0/s1. The van der Waals surface area contributed by atoms with Gasteiger partial charge in [-0.3, -0.25) is 4.68 Å². The van der Waals surface area contributed by atoms with Gasteiger partial charge in [0.15, 0.2) is 0 Å². The van der Waals surface area contributed by atoms with E-state index in [1.165, 1.54) is 36.9 Å². The molecule has 3 aliphatic rings. The highest BCUT2D eigenvalue weighted by Crippen LogP contribution is 2.36. The van der Waals surface area contributed by atoms with Crippen LogP contribution in [-0.2, 0) is 13.0 Å². The van der Waals surface area contributed by atoms with Gasteiger partial charge in [0.1, 0.15) is 0 Å². The van der Waals surface area contributed by atoms with Gasteiger partial charge in [-0.25, -0.2) is 0 Å². The van der Waals surface area contributed by atoms with Gasteiger partial charge >= 0.3 is 0 Å². The highest BCUT2D eigenvalue weighted by atomic mass is 15.3. The van der Waals surface area contributed by atoms with Crippen LogP contribution in [0.2, 0.25) is 0 Å². The third kappa shape index (κ3) is 1.33. The highest BCUT2D eigenvalue weighted by Gasteiger charge is 2.34. The summed E-state index contributed by atoms with van der Waals surface area (Å²) in [7, 11) is 0. The van der Waals surface area contributed by atoms with Gasteiger partial charge in [0.25, 0.3) is 0 Å². The van der Waals surface area contributed by atoms with Crippen LogP contribution in [0.4, 0.5) is 0 Å². The van der Waals surface area contributed by atoms with Crippen LogP contribution in [0.15, 0.2) is 6.20 Å². The van der Waals surface area contributed by atoms with Crippen LogP contribution < -0.4 is 5.32 Å². The van der Waals surface area contributed by atoms with E-state index in [9.17, 15) is 0 Å². The molecule has 0 aromatic carbocycles. The Morgan fingerprint density at radius 2 is 2.27 bits per heavy atom. The summed E-state index contributed by atoms with van der Waals surface area (Å²) in [4.78, 5) is 0. The lowest BCUT2D eigenvalue weighted by Crippen LogP contribution is -2.31. The van der Waals surface area contributed by atoms with Crippen molar-refractivity contribution in [3.05, 3.63) is 17.5 Å². The summed E-state index contributed by atoms with van der Waals surface area (Å²) >= 11 is 0. The lowest BCUT2D eigenvalue weighted by molar-refractivity contribution is 0.506. The van der Waals surface area contributed by atoms with Crippen LogP contribution in [0, 0.1) is 5.92 Å². The van der Waals surface area contributed by atoms with Crippen molar-refractivity contribution in [1.82, 2.24) is 15.1 Å². The fourth-order valence-electron chi connectivity index (χ4n) is 3.04. The maximum absolute atomic E-state index is 4.75. The SMILES string of the molecule is c1c2c(nn1CC1CC1)C[C@@H]1CC[C@H]2N1. The number of hydrogen-bond donors (Lipinski definition) is 1. The molecule has 1 aromatic rings. The van der Waals surface area contributed by atoms with Crippen molar-refractivity contribution in [3.8, 4) is 0 Å². The molecule has 3 heteroatoms. The lowest BCUT2D eigenvalue weighted by atomic mass is 10.0. The second kappa shape index (κ2) is 2.85. The molecule has 1 aromatic heterocycles. The van der Waals surface area contributed by atoms with E-state index in [0.717, 1.165) is 18.9 Å². The molecule has 3 nitrogen and oxygen atoms in total. The summed E-state index contributed by atoms with van der Waals surface area (Å²) in [6.45, 7) is 1.16.